The van der Waals surface area contributed by atoms with E-state index in [0.717, 1.165) is 16.8 Å². The van der Waals surface area contributed by atoms with Crippen molar-refractivity contribution in [3.05, 3.63) is 68.5 Å². The summed E-state index contributed by atoms with van der Waals surface area (Å²) >= 11 is 3.66. The van der Waals surface area contributed by atoms with Crippen molar-refractivity contribution in [2.45, 2.75) is 44.9 Å². The molecule has 1 heterocycles. The average molecular weight is 601 g/mol. The zero-order valence-electron chi connectivity index (χ0n) is 23.1. The van der Waals surface area contributed by atoms with Crippen LogP contribution in [0, 0.1) is 0 Å². The molecule has 0 bridgehead atoms. The highest BCUT2D eigenvalue weighted by atomic mass is 79.9. The Hall–Kier alpha value is -3.46. The molecule has 0 aromatic heterocycles. The molecule has 0 spiro atoms. The molecule has 4 rings (SSSR count). The van der Waals surface area contributed by atoms with E-state index >= 15 is 0 Å². The number of dihydropyridines is 1. The number of Topliss-reactive ketones (excluding diaryl/α,β-unsaturated/α-hetero) is 1. The van der Waals surface area contributed by atoms with Gasteiger partial charge in [-0.2, -0.15) is 0 Å². The van der Waals surface area contributed by atoms with Gasteiger partial charge in [-0.3, -0.25) is 4.79 Å². The van der Waals surface area contributed by atoms with Gasteiger partial charge in [-0.05, 0) is 61.1 Å². The second kappa shape index (κ2) is 12.2. The van der Waals surface area contributed by atoms with Crippen LogP contribution >= 0.6 is 15.9 Å². The minimum atomic E-state index is -0.640. The summed E-state index contributed by atoms with van der Waals surface area (Å²) in [5, 5.41) is 3.39. The van der Waals surface area contributed by atoms with Gasteiger partial charge in [-0.1, -0.05) is 28.9 Å². The fourth-order valence-electron chi connectivity index (χ4n) is 5.33. The predicted molar refractivity (Wildman–Crippen MR) is 151 cm³/mol. The number of ether oxygens (including phenoxy) is 5. The van der Waals surface area contributed by atoms with Crippen LogP contribution < -0.4 is 24.3 Å². The summed E-state index contributed by atoms with van der Waals surface area (Å²) in [5.41, 5.74) is 4.13. The van der Waals surface area contributed by atoms with Crippen LogP contribution in [0.1, 0.15) is 56.1 Å². The van der Waals surface area contributed by atoms with E-state index in [2.05, 4.69) is 21.2 Å². The molecule has 2 atom stereocenters. The van der Waals surface area contributed by atoms with Crippen LogP contribution in [0.4, 0.5) is 0 Å². The fourth-order valence-corrected chi connectivity index (χ4v) is 5.88. The third-order valence-electron chi connectivity index (χ3n) is 7.18. The molecule has 2 aliphatic rings. The van der Waals surface area contributed by atoms with Gasteiger partial charge in [0.1, 0.15) is 0 Å². The molecule has 1 aliphatic heterocycles. The first-order valence-corrected chi connectivity index (χ1v) is 13.6. The average Bonchev–Trinajstić information content (AvgIpc) is 2.94. The predicted octanol–water partition coefficient (Wildman–Crippen LogP) is 5.80. The number of carbonyl (C=O) groups excluding carboxylic acids is 2. The zero-order chi connectivity index (χ0) is 28.3. The van der Waals surface area contributed by atoms with Gasteiger partial charge in [0, 0.05) is 33.8 Å². The molecule has 0 radical (unpaired) electrons. The van der Waals surface area contributed by atoms with Crippen molar-refractivity contribution in [2.24, 2.45) is 0 Å². The van der Waals surface area contributed by atoms with Gasteiger partial charge in [-0.15, -0.1) is 0 Å². The van der Waals surface area contributed by atoms with Crippen molar-refractivity contribution in [2.75, 3.05) is 35.0 Å². The highest BCUT2D eigenvalue weighted by Crippen LogP contribution is 2.49. The summed E-state index contributed by atoms with van der Waals surface area (Å²) in [6.07, 6.45) is 1.57. The largest absolute Gasteiger partial charge is 0.493 e. The van der Waals surface area contributed by atoms with Crippen molar-refractivity contribution in [3.8, 4) is 23.0 Å². The molecule has 1 aliphatic carbocycles. The van der Waals surface area contributed by atoms with E-state index in [0.29, 0.717) is 57.2 Å². The number of rotatable bonds is 9. The fraction of sp³-hybridized carbons (Fsp3) is 0.400. The SMILES string of the molecule is CCCOC(=O)C1=C(C)NC2=C(C(=O)C[C@@H](c3ccc(OC)c(OC)c3)C2)[C@@H]1c1cc(OC)c(OC)cc1Br. The van der Waals surface area contributed by atoms with E-state index in [1.165, 1.54) is 0 Å². The Morgan fingerprint density at radius 2 is 1.59 bits per heavy atom. The van der Waals surface area contributed by atoms with E-state index in [1.54, 1.807) is 34.5 Å². The van der Waals surface area contributed by atoms with E-state index < -0.39 is 11.9 Å². The quantitative estimate of drug-likeness (QED) is 0.362. The van der Waals surface area contributed by atoms with Gasteiger partial charge in [0.25, 0.3) is 0 Å². The van der Waals surface area contributed by atoms with Crippen LogP contribution in [0.3, 0.4) is 0 Å². The van der Waals surface area contributed by atoms with E-state index in [1.807, 2.05) is 38.1 Å². The van der Waals surface area contributed by atoms with Crippen molar-refractivity contribution in [1.29, 1.82) is 0 Å². The number of esters is 1. The molecule has 0 amide bonds. The Morgan fingerprint density at radius 3 is 2.23 bits per heavy atom. The molecule has 0 fully saturated rings. The highest BCUT2D eigenvalue weighted by molar-refractivity contribution is 9.10. The van der Waals surface area contributed by atoms with Crippen LogP contribution in [0.15, 0.2) is 57.3 Å². The number of nitrogens with one attached hydrogen (secondary N) is 1. The molecule has 0 saturated carbocycles. The van der Waals surface area contributed by atoms with Crippen LogP contribution in [0.25, 0.3) is 0 Å². The topological polar surface area (TPSA) is 92.3 Å². The third kappa shape index (κ3) is 5.50. The lowest BCUT2D eigenvalue weighted by atomic mass is 9.71. The maximum absolute atomic E-state index is 14.0. The Morgan fingerprint density at radius 1 is 0.949 bits per heavy atom. The monoisotopic (exact) mass is 599 g/mol. The molecule has 1 N–H and O–H groups in total. The Kier molecular flexibility index (Phi) is 8.90. The number of halogens is 1. The van der Waals surface area contributed by atoms with Gasteiger partial charge >= 0.3 is 5.97 Å². The zero-order valence-corrected chi connectivity index (χ0v) is 24.7. The number of hydrogen-bond donors (Lipinski definition) is 1. The second-order valence-electron chi connectivity index (χ2n) is 9.50. The maximum Gasteiger partial charge on any atom is 0.336 e. The molecular weight excluding hydrogens is 566 g/mol. The van der Waals surface area contributed by atoms with Crippen molar-refractivity contribution in [3.63, 3.8) is 0 Å². The molecule has 0 unspecified atom stereocenters. The maximum atomic E-state index is 14.0. The van der Waals surface area contributed by atoms with Crippen molar-refractivity contribution in [1.82, 2.24) is 5.32 Å². The van der Waals surface area contributed by atoms with Gasteiger partial charge in [0.05, 0.1) is 40.6 Å². The Bertz CT molecular complexity index is 1350. The summed E-state index contributed by atoms with van der Waals surface area (Å²) in [7, 11) is 6.30. The van der Waals surface area contributed by atoms with Crippen molar-refractivity contribution >= 4 is 27.7 Å². The third-order valence-corrected chi connectivity index (χ3v) is 7.86. The van der Waals surface area contributed by atoms with Crippen LogP contribution in [-0.2, 0) is 14.3 Å². The molecule has 8 nitrogen and oxygen atoms in total. The summed E-state index contributed by atoms with van der Waals surface area (Å²) in [6, 6.07) is 9.35. The highest BCUT2D eigenvalue weighted by Gasteiger charge is 2.42. The Balaban J connectivity index is 1.83. The molecular formula is C30H34BrNO7. The van der Waals surface area contributed by atoms with Gasteiger partial charge in [0.2, 0.25) is 0 Å². The summed E-state index contributed by atoms with van der Waals surface area (Å²) < 4.78 is 28.2. The standard InChI is InChI=1S/C30H34BrNO7/c1-7-10-39-30(34)27-16(2)32-21-11-18(17-8-9-23(35-3)24(13-17)36-4)12-22(33)29(21)28(27)19-14-25(37-5)26(38-6)15-20(19)31/h8-9,13-15,18,28,32H,7,10-12H2,1-6H3/t18-,28+/m0/s1. The number of ketones is 1. The lowest BCUT2D eigenvalue weighted by molar-refractivity contribution is -0.139. The van der Waals surface area contributed by atoms with Gasteiger partial charge < -0.3 is 29.0 Å². The lowest BCUT2D eigenvalue weighted by Gasteiger charge is -2.37. The van der Waals surface area contributed by atoms with E-state index in [-0.39, 0.29) is 24.7 Å². The van der Waals surface area contributed by atoms with Crippen LogP contribution in [0.5, 0.6) is 23.0 Å². The number of methoxy groups -OCH3 is 4. The second-order valence-corrected chi connectivity index (χ2v) is 10.4. The number of hydrogen-bond acceptors (Lipinski definition) is 8. The molecule has 208 valence electrons. The molecule has 9 heteroatoms. The Labute approximate surface area is 237 Å². The first-order valence-electron chi connectivity index (χ1n) is 12.8. The van der Waals surface area contributed by atoms with Gasteiger partial charge in [0.15, 0.2) is 28.8 Å². The summed E-state index contributed by atoms with van der Waals surface area (Å²) in [4.78, 5) is 27.3. The first-order chi connectivity index (χ1) is 18.8. The normalized spacial score (nSPS) is 18.8. The van der Waals surface area contributed by atoms with E-state index in [9.17, 15) is 9.59 Å². The van der Waals surface area contributed by atoms with Crippen LogP contribution in [-0.4, -0.2) is 46.8 Å². The molecule has 2 aromatic carbocycles. The lowest BCUT2D eigenvalue weighted by Crippen LogP contribution is -2.36. The van der Waals surface area contributed by atoms with E-state index in [4.69, 9.17) is 23.7 Å². The summed E-state index contributed by atoms with van der Waals surface area (Å²) in [5.74, 6) is 1.09. The number of benzene rings is 2. The first kappa shape index (κ1) is 28.5. The van der Waals surface area contributed by atoms with Crippen LogP contribution in [0.2, 0.25) is 0 Å². The molecule has 39 heavy (non-hydrogen) atoms. The smallest absolute Gasteiger partial charge is 0.336 e. The minimum absolute atomic E-state index is 0.0384. The summed E-state index contributed by atoms with van der Waals surface area (Å²) in [6.45, 7) is 4.07. The minimum Gasteiger partial charge on any atom is -0.493 e. The molecule has 2 aromatic rings. The molecule has 0 saturated heterocycles. The van der Waals surface area contributed by atoms with Crippen molar-refractivity contribution < 1.29 is 33.3 Å². The van der Waals surface area contributed by atoms with Gasteiger partial charge in [-0.25, -0.2) is 4.79 Å². The number of carbonyl (C=O) groups is 2. The number of allylic oxidation sites excluding steroid dienone is 3.